The first-order valence-corrected chi connectivity index (χ1v) is 12.5. The Morgan fingerprint density at radius 3 is 2.18 bits per heavy atom. The second-order valence-corrected chi connectivity index (χ2v) is 10.0. The molecule has 3 fully saturated rings. The zero-order chi connectivity index (χ0) is 23.4. The van der Waals surface area contributed by atoms with Crippen LogP contribution in [0.5, 0.6) is 5.75 Å². The van der Waals surface area contributed by atoms with Gasteiger partial charge in [-0.05, 0) is 44.2 Å². The summed E-state index contributed by atoms with van der Waals surface area (Å²) >= 11 is 0. The van der Waals surface area contributed by atoms with Gasteiger partial charge in [0.1, 0.15) is 17.8 Å². The third-order valence-electron chi connectivity index (χ3n) is 7.60. The van der Waals surface area contributed by atoms with Gasteiger partial charge < -0.3 is 15.0 Å². The molecular weight excluding hydrogens is 418 g/mol. The quantitative estimate of drug-likeness (QED) is 0.630. The minimum Gasteiger partial charge on any atom is -0.496 e. The molecule has 3 aliphatic rings. The number of para-hydroxylation sites is 1. The number of carbonyl (C=O) groups excluding carboxylic acids is 3. The molecule has 4 rings (SSSR count). The zero-order valence-corrected chi connectivity index (χ0v) is 20.0. The van der Waals surface area contributed by atoms with Crippen LogP contribution in [0.2, 0.25) is 0 Å². The van der Waals surface area contributed by atoms with Crippen molar-refractivity contribution in [3.63, 3.8) is 0 Å². The zero-order valence-electron chi connectivity index (χ0n) is 20.0. The van der Waals surface area contributed by atoms with Crippen LogP contribution in [0.3, 0.4) is 0 Å². The number of nitrogens with one attached hydrogen (secondary N) is 1. The maximum absolute atomic E-state index is 13.6. The van der Waals surface area contributed by atoms with Crippen LogP contribution in [0, 0.1) is 0 Å². The van der Waals surface area contributed by atoms with Crippen molar-refractivity contribution < 1.29 is 19.1 Å². The Morgan fingerprint density at radius 2 is 1.61 bits per heavy atom. The molecule has 1 aromatic carbocycles. The SMILES string of the molecule is COc1ccccc1CC1(C)NC(=O)N(CC(=O)N(C2CCCCC2)C2CCCCC2)C1=O. The van der Waals surface area contributed by atoms with E-state index in [9.17, 15) is 14.4 Å². The summed E-state index contributed by atoms with van der Waals surface area (Å²) in [7, 11) is 1.59. The molecule has 0 bridgehead atoms. The number of hydrogen-bond acceptors (Lipinski definition) is 4. The van der Waals surface area contributed by atoms with Crippen LogP contribution in [0.25, 0.3) is 0 Å². The Balaban J connectivity index is 1.50. The summed E-state index contributed by atoms with van der Waals surface area (Å²) in [5.74, 6) is 0.244. The predicted octanol–water partition coefficient (Wildman–Crippen LogP) is 4.04. The van der Waals surface area contributed by atoms with Gasteiger partial charge in [0.25, 0.3) is 5.91 Å². The fourth-order valence-corrected chi connectivity index (χ4v) is 5.88. The van der Waals surface area contributed by atoms with Crippen LogP contribution in [-0.4, -0.2) is 58.9 Å². The third-order valence-corrected chi connectivity index (χ3v) is 7.60. The van der Waals surface area contributed by atoms with Crippen molar-refractivity contribution in [2.75, 3.05) is 13.7 Å². The van der Waals surface area contributed by atoms with Crippen LogP contribution in [0.4, 0.5) is 4.79 Å². The highest BCUT2D eigenvalue weighted by Crippen LogP contribution is 2.32. The molecule has 4 amide bonds. The van der Waals surface area contributed by atoms with Gasteiger partial charge in [-0.1, -0.05) is 56.7 Å². The lowest BCUT2D eigenvalue weighted by molar-refractivity contribution is -0.143. The smallest absolute Gasteiger partial charge is 0.325 e. The van der Waals surface area contributed by atoms with Crippen molar-refractivity contribution in [2.45, 2.75) is 95.2 Å². The van der Waals surface area contributed by atoms with E-state index in [4.69, 9.17) is 4.74 Å². The first-order valence-electron chi connectivity index (χ1n) is 12.5. The number of carbonyl (C=O) groups is 3. The van der Waals surface area contributed by atoms with Crippen molar-refractivity contribution in [2.24, 2.45) is 0 Å². The van der Waals surface area contributed by atoms with Gasteiger partial charge in [0.2, 0.25) is 5.91 Å². The van der Waals surface area contributed by atoms with E-state index in [2.05, 4.69) is 10.2 Å². The molecule has 0 spiro atoms. The summed E-state index contributed by atoms with van der Waals surface area (Å²) in [6.45, 7) is 1.55. The molecule has 7 nitrogen and oxygen atoms in total. The number of methoxy groups -OCH3 is 1. The Kier molecular flexibility index (Phi) is 7.25. The monoisotopic (exact) mass is 455 g/mol. The maximum Gasteiger partial charge on any atom is 0.325 e. The van der Waals surface area contributed by atoms with E-state index in [0.29, 0.717) is 12.2 Å². The fourth-order valence-electron chi connectivity index (χ4n) is 5.88. The summed E-state index contributed by atoms with van der Waals surface area (Å²) in [6, 6.07) is 7.47. The van der Waals surface area contributed by atoms with Crippen LogP contribution in [0.1, 0.15) is 76.7 Å². The van der Waals surface area contributed by atoms with Gasteiger partial charge in [-0.15, -0.1) is 0 Å². The predicted molar refractivity (Wildman–Crippen MR) is 126 cm³/mol. The van der Waals surface area contributed by atoms with Crippen molar-refractivity contribution in [1.29, 1.82) is 0 Å². The summed E-state index contributed by atoms with van der Waals surface area (Å²) in [6.07, 6.45) is 11.4. The minimum atomic E-state index is -1.10. The molecule has 1 unspecified atom stereocenters. The molecule has 1 N–H and O–H groups in total. The summed E-state index contributed by atoms with van der Waals surface area (Å²) in [5, 5.41) is 2.84. The van der Waals surface area contributed by atoms with Crippen molar-refractivity contribution in [1.82, 2.24) is 15.1 Å². The standard InChI is InChI=1S/C26H37N3O4/c1-26(17-19-11-9-10-16-22(19)33-2)24(31)28(25(32)27-26)18-23(30)29(20-12-5-3-6-13-20)21-14-7-4-8-15-21/h9-11,16,20-21H,3-8,12-15,17-18H2,1-2H3,(H,27,32). The van der Waals surface area contributed by atoms with E-state index >= 15 is 0 Å². The van der Waals surface area contributed by atoms with Gasteiger partial charge in [0.05, 0.1) is 7.11 Å². The lowest BCUT2D eigenvalue weighted by Crippen LogP contribution is -2.53. The molecule has 180 valence electrons. The number of urea groups is 1. The van der Waals surface area contributed by atoms with Gasteiger partial charge in [0.15, 0.2) is 0 Å². The van der Waals surface area contributed by atoms with Crippen LogP contribution < -0.4 is 10.1 Å². The molecule has 1 aromatic rings. The Hall–Kier alpha value is -2.57. The third kappa shape index (κ3) is 5.02. The largest absolute Gasteiger partial charge is 0.496 e. The van der Waals surface area contributed by atoms with Crippen LogP contribution in [-0.2, 0) is 16.0 Å². The highest BCUT2D eigenvalue weighted by Gasteiger charge is 2.49. The Bertz CT molecular complexity index is 858. The van der Waals surface area contributed by atoms with Crippen molar-refractivity contribution in [3.8, 4) is 5.75 Å². The van der Waals surface area contributed by atoms with E-state index in [-0.39, 0.29) is 30.4 Å². The first kappa shape index (κ1) is 23.6. The van der Waals surface area contributed by atoms with E-state index < -0.39 is 11.6 Å². The van der Waals surface area contributed by atoms with Crippen molar-refractivity contribution >= 4 is 17.8 Å². The fraction of sp³-hybridized carbons (Fsp3) is 0.654. The molecule has 1 saturated heterocycles. The molecule has 1 heterocycles. The molecule has 33 heavy (non-hydrogen) atoms. The average Bonchev–Trinajstić information content (AvgIpc) is 3.03. The van der Waals surface area contributed by atoms with Gasteiger partial charge in [-0.25, -0.2) is 4.79 Å². The molecule has 1 aliphatic heterocycles. The second kappa shape index (κ2) is 10.1. The topological polar surface area (TPSA) is 79.0 Å². The highest BCUT2D eigenvalue weighted by molar-refractivity contribution is 6.09. The van der Waals surface area contributed by atoms with Gasteiger partial charge in [-0.3, -0.25) is 14.5 Å². The molecule has 2 saturated carbocycles. The van der Waals surface area contributed by atoms with Crippen LogP contribution in [0.15, 0.2) is 24.3 Å². The maximum atomic E-state index is 13.6. The number of hydrogen-bond donors (Lipinski definition) is 1. The number of nitrogens with zero attached hydrogens (tertiary/aromatic N) is 2. The Labute approximate surface area is 196 Å². The minimum absolute atomic E-state index is 0.0844. The summed E-state index contributed by atoms with van der Waals surface area (Å²) in [4.78, 5) is 43.0. The Morgan fingerprint density at radius 1 is 1.03 bits per heavy atom. The number of benzene rings is 1. The number of imide groups is 1. The number of rotatable bonds is 7. The number of ether oxygens (including phenoxy) is 1. The molecule has 0 aromatic heterocycles. The molecule has 0 radical (unpaired) electrons. The van der Waals surface area contributed by atoms with Gasteiger partial charge >= 0.3 is 6.03 Å². The van der Waals surface area contributed by atoms with E-state index in [1.54, 1.807) is 14.0 Å². The molecular formula is C26H37N3O4. The average molecular weight is 456 g/mol. The first-order chi connectivity index (χ1) is 15.9. The lowest BCUT2D eigenvalue weighted by atomic mass is 9.88. The summed E-state index contributed by atoms with van der Waals surface area (Å²) in [5.41, 5.74) is -0.262. The van der Waals surface area contributed by atoms with E-state index in [0.717, 1.165) is 61.8 Å². The van der Waals surface area contributed by atoms with Crippen LogP contribution >= 0.6 is 0 Å². The molecule has 2 aliphatic carbocycles. The highest BCUT2D eigenvalue weighted by atomic mass is 16.5. The normalized spacial score (nSPS) is 24.6. The van der Waals surface area contributed by atoms with E-state index in [1.807, 2.05) is 24.3 Å². The second-order valence-electron chi connectivity index (χ2n) is 10.0. The summed E-state index contributed by atoms with van der Waals surface area (Å²) < 4.78 is 5.42. The number of amides is 4. The van der Waals surface area contributed by atoms with Crippen molar-refractivity contribution in [3.05, 3.63) is 29.8 Å². The lowest BCUT2D eigenvalue weighted by Gasteiger charge is -2.42. The molecule has 7 heteroatoms. The van der Waals surface area contributed by atoms with Gasteiger partial charge in [0, 0.05) is 18.5 Å². The van der Waals surface area contributed by atoms with Gasteiger partial charge in [-0.2, -0.15) is 0 Å². The molecule has 1 atom stereocenters. The van der Waals surface area contributed by atoms with E-state index in [1.165, 1.54) is 12.8 Å².